The molecule has 0 fully saturated rings. The van der Waals surface area contributed by atoms with Crippen molar-refractivity contribution in [3.63, 3.8) is 0 Å². The van der Waals surface area contributed by atoms with Crippen molar-refractivity contribution in [1.29, 1.82) is 0 Å². The molecule has 1 heterocycles. The average molecular weight is 370 g/mol. The Morgan fingerprint density at radius 2 is 1.76 bits per heavy atom. The molecule has 0 aliphatic heterocycles. The van der Waals surface area contributed by atoms with Gasteiger partial charge in [-0.2, -0.15) is 0 Å². The number of benzene rings is 1. The Kier molecular flexibility index (Phi) is 4.59. The van der Waals surface area contributed by atoms with E-state index in [4.69, 9.17) is 0 Å². The lowest BCUT2D eigenvalue weighted by molar-refractivity contribution is 0.102. The largest absolute Gasteiger partial charge is 0.321 e. The number of anilines is 2. The van der Waals surface area contributed by atoms with Gasteiger partial charge in [-0.1, -0.05) is 0 Å². The van der Waals surface area contributed by atoms with Crippen LogP contribution in [-0.4, -0.2) is 25.6 Å². The van der Waals surface area contributed by atoms with Crippen LogP contribution >= 0.6 is 15.9 Å². The Morgan fingerprint density at radius 3 is 2.33 bits per heavy atom. The first kappa shape index (κ1) is 15.5. The summed E-state index contributed by atoms with van der Waals surface area (Å²) in [4.78, 5) is 16.0. The van der Waals surface area contributed by atoms with Gasteiger partial charge >= 0.3 is 0 Å². The highest BCUT2D eigenvalue weighted by Gasteiger charge is 2.11. The van der Waals surface area contributed by atoms with E-state index in [-0.39, 0.29) is 11.6 Å². The second-order valence-electron chi connectivity index (χ2n) is 4.24. The molecule has 2 rings (SSSR count). The molecule has 0 bridgehead atoms. The van der Waals surface area contributed by atoms with Gasteiger partial charge in [-0.25, -0.2) is 13.4 Å². The molecule has 8 heteroatoms. The molecule has 2 aromatic rings. The third-order valence-corrected chi connectivity index (χ3v) is 3.67. The van der Waals surface area contributed by atoms with Crippen molar-refractivity contribution < 1.29 is 13.2 Å². The van der Waals surface area contributed by atoms with E-state index in [0.717, 1.165) is 6.26 Å². The van der Waals surface area contributed by atoms with E-state index in [2.05, 4.69) is 31.0 Å². The smallest absolute Gasteiger partial charge is 0.275 e. The van der Waals surface area contributed by atoms with E-state index >= 15 is 0 Å². The Bertz CT molecular complexity index is 760. The molecule has 6 nitrogen and oxygen atoms in total. The van der Waals surface area contributed by atoms with Crippen LogP contribution in [-0.2, 0) is 10.0 Å². The van der Waals surface area contributed by atoms with E-state index in [9.17, 15) is 13.2 Å². The summed E-state index contributed by atoms with van der Waals surface area (Å²) in [5, 5.41) is 2.68. The summed E-state index contributed by atoms with van der Waals surface area (Å²) >= 11 is 3.25. The van der Waals surface area contributed by atoms with Crippen molar-refractivity contribution in [2.45, 2.75) is 0 Å². The Hall–Kier alpha value is -1.93. The number of carbonyl (C=O) groups excluding carboxylic acids is 1. The van der Waals surface area contributed by atoms with Crippen LogP contribution in [0.1, 0.15) is 10.5 Å². The van der Waals surface area contributed by atoms with Crippen LogP contribution in [0.25, 0.3) is 0 Å². The van der Waals surface area contributed by atoms with Crippen LogP contribution in [0.3, 0.4) is 0 Å². The van der Waals surface area contributed by atoms with Gasteiger partial charge in [0.15, 0.2) is 0 Å². The number of hydrogen-bond acceptors (Lipinski definition) is 4. The summed E-state index contributed by atoms with van der Waals surface area (Å²) < 4.78 is 25.1. The number of nitrogens with zero attached hydrogens (tertiary/aromatic N) is 1. The average Bonchev–Trinajstić information content (AvgIpc) is 2.40. The molecule has 1 aromatic carbocycles. The van der Waals surface area contributed by atoms with Gasteiger partial charge in [0, 0.05) is 22.0 Å². The lowest BCUT2D eigenvalue weighted by atomic mass is 10.2. The summed E-state index contributed by atoms with van der Waals surface area (Å²) in [5.74, 6) is -0.355. The first-order valence-electron chi connectivity index (χ1n) is 5.85. The van der Waals surface area contributed by atoms with Crippen LogP contribution in [0.15, 0.2) is 47.1 Å². The third kappa shape index (κ3) is 4.54. The van der Waals surface area contributed by atoms with Crippen LogP contribution in [0.2, 0.25) is 0 Å². The fourth-order valence-corrected chi connectivity index (χ4v) is 2.58. The number of sulfonamides is 1. The minimum absolute atomic E-state index is 0.274. The fraction of sp³-hybridized carbons (Fsp3) is 0.0769. The maximum absolute atomic E-state index is 12.0. The molecule has 0 spiro atoms. The number of aromatic nitrogens is 1. The summed E-state index contributed by atoms with van der Waals surface area (Å²) in [6.45, 7) is 0. The van der Waals surface area contributed by atoms with E-state index in [0.29, 0.717) is 15.8 Å². The molecule has 110 valence electrons. The van der Waals surface area contributed by atoms with Gasteiger partial charge in [-0.3, -0.25) is 9.52 Å². The van der Waals surface area contributed by atoms with Crippen LogP contribution in [0, 0.1) is 0 Å². The monoisotopic (exact) mass is 369 g/mol. The lowest BCUT2D eigenvalue weighted by Crippen LogP contribution is -2.14. The number of carbonyl (C=O) groups is 1. The summed E-state index contributed by atoms with van der Waals surface area (Å²) in [6.07, 6.45) is 2.60. The standard InChI is InChI=1S/C13H12BrN3O3S/c1-21(19,20)17-10-6-4-9(5-7-10)16-13(18)12-11(14)3-2-8-15-12/h2-8,17H,1H3,(H,16,18). The van der Waals surface area contributed by atoms with E-state index in [1.54, 1.807) is 36.4 Å². The SMILES string of the molecule is CS(=O)(=O)Nc1ccc(NC(=O)c2ncccc2Br)cc1. The normalized spacial score (nSPS) is 11.0. The summed E-state index contributed by atoms with van der Waals surface area (Å²) in [6, 6.07) is 9.76. The van der Waals surface area contributed by atoms with Crippen LogP contribution in [0.5, 0.6) is 0 Å². The van der Waals surface area contributed by atoms with Gasteiger partial charge in [0.2, 0.25) is 10.0 Å². The van der Waals surface area contributed by atoms with Crippen molar-refractivity contribution in [1.82, 2.24) is 4.98 Å². The zero-order chi connectivity index (χ0) is 15.5. The fourth-order valence-electron chi connectivity index (χ4n) is 1.58. The Morgan fingerprint density at radius 1 is 1.14 bits per heavy atom. The molecular formula is C13H12BrN3O3S. The summed E-state index contributed by atoms with van der Waals surface area (Å²) in [7, 11) is -3.32. The molecule has 21 heavy (non-hydrogen) atoms. The molecule has 1 amide bonds. The highest BCUT2D eigenvalue weighted by molar-refractivity contribution is 9.10. The molecule has 1 aromatic heterocycles. The van der Waals surface area contributed by atoms with Crippen LogP contribution in [0.4, 0.5) is 11.4 Å². The number of nitrogens with one attached hydrogen (secondary N) is 2. The molecule has 0 atom stereocenters. The number of amides is 1. The topological polar surface area (TPSA) is 88.2 Å². The molecule has 0 saturated heterocycles. The van der Waals surface area contributed by atoms with E-state index in [1.165, 1.54) is 6.20 Å². The maximum atomic E-state index is 12.0. The van der Waals surface area contributed by atoms with Gasteiger partial charge in [0.25, 0.3) is 5.91 Å². The van der Waals surface area contributed by atoms with Crippen LogP contribution < -0.4 is 10.0 Å². The maximum Gasteiger partial charge on any atom is 0.275 e. The highest BCUT2D eigenvalue weighted by Crippen LogP contribution is 2.18. The first-order chi connectivity index (χ1) is 9.85. The van der Waals surface area contributed by atoms with Crippen molar-refractivity contribution in [2.24, 2.45) is 0 Å². The molecule has 0 aliphatic rings. The highest BCUT2D eigenvalue weighted by atomic mass is 79.9. The second kappa shape index (κ2) is 6.23. The molecule has 2 N–H and O–H groups in total. The zero-order valence-corrected chi connectivity index (χ0v) is 13.4. The van der Waals surface area contributed by atoms with Gasteiger partial charge < -0.3 is 5.32 Å². The molecule has 0 aliphatic carbocycles. The van der Waals surface area contributed by atoms with E-state index in [1.807, 2.05) is 0 Å². The van der Waals surface area contributed by atoms with Crippen molar-refractivity contribution >= 4 is 43.2 Å². The minimum Gasteiger partial charge on any atom is -0.321 e. The molecule has 0 unspecified atom stereocenters. The molecule has 0 radical (unpaired) electrons. The summed E-state index contributed by atoms with van der Waals surface area (Å²) in [5.41, 5.74) is 1.24. The van der Waals surface area contributed by atoms with Gasteiger partial charge in [-0.15, -0.1) is 0 Å². The third-order valence-electron chi connectivity index (χ3n) is 2.42. The van der Waals surface area contributed by atoms with E-state index < -0.39 is 10.0 Å². The first-order valence-corrected chi connectivity index (χ1v) is 8.53. The number of halogens is 1. The Labute approximate surface area is 130 Å². The predicted octanol–water partition coefficient (Wildman–Crippen LogP) is 2.47. The van der Waals surface area contributed by atoms with Crippen molar-refractivity contribution in [2.75, 3.05) is 16.3 Å². The predicted molar refractivity (Wildman–Crippen MR) is 84.8 cm³/mol. The molecule has 0 saturated carbocycles. The van der Waals surface area contributed by atoms with Crippen molar-refractivity contribution in [3.8, 4) is 0 Å². The van der Waals surface area contributed by atoms with Crippen molar-refractivity contribution in [3.05, 3.63) is 52.8 Å². The number of hydrogen-bond donors (Lipinski definition) is 2. The number of pyridine rings is 1. The van der Waals surface area contributed by atoms with Gasteiger partial charge in [0.05, 0.1) is 6.26 Å². The van der Waals surface area contributed by atoms with Gasteiger partial charge in [-0.05, 0) is 52.3 Å². The number of rotatable bonds is 4. The lowest BCUT2D eigenvalue weighted by Gasteiger charge is -2.08. The minimum atomic E-state index is -3.32. The molecular weight excluding hydrogens is 358 g/mol. The zero-order valence-electron chi connectivity index (χ0n) is 11.0. The quantitative estimate of drug-likeness (QED) is 0.866. The Balaban J connectivity index is 2.10. The van der Waals surface area contributed by atoms with Gasteiger partial charge in [0.1, 0.15) is 5.69 Å². The second-order valence-corrected chi connectivity index (χ2v) is 6.84.